The minimum atomic E-state index is -1.12. The van der Waals surface area contributed by atoms with Crippen molar-refractivity contribution in [3.8, 4) is 5.75 Å². The summed E-state index contributed by atoms with van der Waals surface area (Å²) in [7, 11) is 0. The lowest BCUT2D eigenvalue weighted by Gasteiger charge is -2.29. The summed E-state index contributed by atoms with van der Waals surface area (Å²) in [4.78, 5) is 61.0. The summed E-state index contributed by atoms with van der Waals surface area (Å²) in [6.07, 6.45) is 3.31. The van der Waals surface area contributed by atoms with E-state index in [0.29, 0.717) is 19.3 Å². The average Bonchev–Trinajstić information content (AvgIpc) is 3.67. The second kappa shape index (κ2) is 15.1. The first-order valence-electron chi connectivity index (χ1n) is 14.8. The minimum Gasteiger partial charge on any atom is -0.508 e. The maximum atomic E-state index is 13.9. The van der Waals surface area contributed by atoms with E-state index in [1.165, 1.54) is 17.0 Å². The van der Waals surface area contributed by atoms with E-state index < -0.39 is 47.9 Å². The van der Waals surface area contributed by atoms with Crippen molar-refractivity contribution in [1.82, 2.24) is 20.5 Å². The molecule has 0 bridgehead atoms. The molecule has 2 heterocycles. The average molecular weight is 621 g/mol. The number of aliphatic imine (C=N–C) groups is 1. The molecule has 0 spiro atoms. The molecule has 4 unspecified atom stereocenters. The van der Waals surface area contributed by atoms with Crippen LogP contribution in [-0.2, 0) is 32.0 Å². The fraction of sp³-hybridized carbons (Fsp3) is 0.387. The van der Waals surface area contributed by atoms with E-state index in [4.69, 9.17) is 17.2 Å². The van der Waals surface area contributed by atoms with Gasteiger partial charge in [-0.05, 0) is 61.4 Å². The maximum absolute atomic E-state index is 13.9. The zero-order chi connectivity index (χ0) is 32.5. The van der Waals surface area contributed by atoms with Crippen molar-refractivity contribution >= 4 is 40.6 Å². The molecule has 240 valence electrons. The van der Waals surface area contributed by atoms with Gasteiger partial charge in [0.15, 0.2) is 5.96 Å². The van der Waals surface area contributed by atoms with Crippen molar-refractivity contribution in [2.75, 3.05) is 13.1 Å². The first-order chi connectivity index (χ1) is 21.5. The molecule has 14 nitrogen and oxygen atoms in total. The van der Waals surface area contributed by atoms with E-state index in [9.17, 15) is 29.4 Å². The number of para-hydroxylation sites is 1. The van der Waals surface area contributed by atoms with Crippen LogP contribution in [0.25, 0.3) is 10.9 Å². The number of carboxylic acids is 1. The first kappa shape index (κ1) is 32.8. The topological polar surface area (TPSA) is 242 Å². The molecular weight excluding hydrogens is 580 g/mol. The Morgan fingerprint density at radius 3 is 2.42 bits per heavy atom. The van der Waals surface area contributed by atoms with Crippen LogP contribution in [0, 0.1) is 0 Å². The number of guanidine groups is 1. The van der Waals surface area contributed by atoms with Gasteiger partial charge in [-0.2, -0.15) is 0 Å². The van der Waals surface area contributed by atoms with Gasteiger partial charge in [-0.25, -0.2) is 4.79 Å². The number of nitrogens with one attached hydrogen (secondary N) is 3. The van der Waals surface area contributed by atoms with Crippen LogP contribution >= 0.6 is 0 Å². The van der Waals surface area contributed by atoms with Gasteiger partial charge in [0.25, 0.3) is 0 Å². The summed E-state index contributed by atoms with van der Waals surface area (Å²) >= 11 is 0. The van der Waals surface area contributed by atoms with Gasteiger partial charge in [0.2, 0.25) is 17.7 Å². The molecule has 1 saturated heterocycles. The summed E-state index contributed by atoms with van der Waals surface area (Å²) in [5, 5.41) is 25.6. The summed E-state index contributed by atoms with van der Waals surface area (Å²) in [5.74, 6) is -2.88. The molecule has 3 amide bonds. The molecule has 11 N–H and O–H groups in total. The highest BCUT2D eigenvalue weighted by molar-refractivity contribution is 5.95. The highest BCUT2D eigenvalue weighted by Gasteiger charge is 2.38. The number of benzene rings is 2. The number of phenolic OH excluding ortho intramolecular Hbond substituents is 1. The molecule has 1 aliphatic rings. The quantitative estimate of drug-likeness (QED) is 0.0690. The third-order valence-electron chi connectivity index (χ3n) is 7.84. The van der Waals surface area contributed by atoms with Crippen LogP contribution in [0.3, 0.4) is 0 Å². The number of fused-ring (bicyclic) bond motifs is 1. The molecule has 1 aliphatic heterocycles. The number of aliphatic carboxylic acids is 1. The molecule has 1 fully saturated rings. The molecule has 45 heavy (non-hydrogen) atoms. The van der Waals surface area contributed by atoms with Crippen molar-refractivity contribution in [3.63, 3.8) is 0 Å². The fourth-order valence-electron chi connectivity index (χ4n) is 5.51. The number of aromatic nitrogens is 1. The predicted molar refractivity (Wildman–Crippen MR) is 168 cm³/mol. The number of carbonyl (C=O) groups is 4. The van der Waals surface area contributed by atoms with Gasteiger partial charge in [0, 0.05) is 36.6 Å². The van der Waals surface area contributed by atoms with Gasteiger partial charge < -0.3 is 47.9 Å². The Morgan fingerprint density at radius 2 is 1.71 bits per heavy atom. The molecule has 0 saturated carbocycles. The van der Waals surface area contributed by atoms with Gasteiger partial charge in [0.05, 0.1) is 6.04 Å². The lowest BCUT2D eigenvalue weighted by Crippen LogP contribution is -2.57. The van der Waals surface area contributed by atoms with Crippen LogP contribution in [0.2, 0.25) is 0 Å². The number of hydrogen-bond acceptors (Lipinski definition) is 7. The lowest BCUT2D eigenvalue weighted by atomic mass is 10.0. The standard InChI is InChI=1S/C31H40N8O6/c32-22(15-18-9-11-20(40)12-10-18)27(41)38-25(16-19-17-36-23-6-2-1-5-21(19)23)28(42)37-24(7-3-13-35-31(33)34)29(43)39-14-4-8-26(39)30(44)45/h1-2,5-6,9-12,17,22,24-26,36,40H,3-4,7-8,13-16,32H2,(H,37,42)(H,38,41)(H,44,45)(H4,33,34,35). The number of amides is 3. The van der Waals surface area contributed by atoms with Crippen LogP contribution in [0.4, 0.5) is 0 Å². The minimum absolute atomic E-state index is 0.0817. The summed E-state index contributed by atoms with van der Waals surface area (Å²) in [6.45, 7) is 0.448. The first-order valence-corrected chi connectivity index (χ1v) is 14.8. The molecule has 1 aromatic heterocycles. The zero-order valence-electron chi connectivity index (χ0n) is 24.8. The van der Waals surface area contributed by atoms with E-state index in [1.54, 1.807) is 18.3 Å². The highest BCUT2D eigenvalue weighted by atomic mass is 16.4. The van der Waals surface area contributed by atoms with E-state index >= 15 is 0 Å². The van der Waals surface area contributed by atoms with Crippen molar-refractivity contribution in [2.24, 2.45) is 22.2 Å². The Morgan fingerprint density at radius 1 is 1.00 bits per heavy atom. The molecule has 0 aliphatic carbocycles. The number of carboxylic acid groups (broad SMARTS) is 1. The summed E-state index contributed by atoms with van der Waals surface area (Å²) in [6, 6.07) is 9.60. The summed E-state index contributed by atoms with van der Waals surface area (Å²) < 4.78 is 0. The number of nitrogens with two attached hydrogens (primary N) is 3. The van der Waals surface area contributed by atoms with Crippen molar-refractivity contribution < 1.29 is 29.4 Å². The highest BCUT2D eigenvalue weighted by Crippen LogP contribution is 2.21. The number of likely N-dealkylation sites (tertiary alicyclic amines) is 1. The van der Waals surface area contributed by atoms with Crippen LogP contribution in [0.5, 0.6) is 5.75 Å². The Hall–Kier alpha value is -5.11. The van der Waals surface area contributed by atoms with Crippen molar-refractivity contribution in [2.45, 2.75) is 62.7 Å². The maximum Gasteiger partial charge on any atom is 0.326 e. The third kappa shape index (κ3) is 8.72. The van der Waals surface area contributed by atoms with Crippen molar-refractivity contribution in [3.05, 3.63) is 65.9 Å². The van der Waals surface area contributed by atoms with Crippen LogP contribution in [0.15, 0.2) is 59.7 Å². The zero-order valence-corrected chi connectivity index (χ0v) is 24.8. The van der Waals surface area contributed by atoms with E-state index in [-0.39, 0.29) is 44.1 Å². The predicted octanol–water partition coefficient (Wildman–Crippen LogP) is 0.0848. The molecular formula is C31H40N8O6. The summed E-state index contributed by atoms with van der Waals surface area (Å²) in [5.41, 5.74) is 19.4. The fourth-order valence-corrected chi connectivity index (χ4v) is 5.51. The van der Waals surface area contributed by atoms with Gasteiger partial charge in [-0.15, -0.1) is 0 Å². The molecule has 2 aromatic carbocycles. The molecule has 3 aromatic rings. The number of hydrogen-bond donors (Lipinski definition) is 8. The van der Waals surface area contributed by atoms with E-state index in [1.807, 2.05) is 24.3 Å². The largest absolute Gasteiger partial charge is 0.508 e. The second-order valence-corrected chi connectivity index (χ2v) is 11.1. The number of nitrogens with zero attached hydrogens (tertiary/aromatic N) is 2. The van der Waals surface area contributed by atoms with Crippen LogP contribution < -0.4 is 27.8 Å². The van der Waals surface area contributed by atoms with Gasteiger partial charge in [-0.3, -0.25) is 19.4 Å². The number of carbonyl (C=O) groups excluding carboxylic acids is 3. The van der Waals surface area contributed by atoms with E-state index in [0.717, 1.165) is 22.0 Å². The van der Waals surface area contributed by atoms with E-state index in [2.05, 4.69) is 20.6 Å². The number of H-pyrrole nitrogens is 1. The SMILES string of the molecule is NC(N)=NCCCC(NC(=O)C(Cc1c[nH]c2ccccc12)NC(=O)C(N)Cc1ccc(O)cc1)C(=O)N1CCCC1C(=O)O. The van der Waals surface area contributed by atoms with Crippen LogP contribution in [0.1, 0.15) is 36.8 Å². The Kier molecular flexibility index (Phi) is 11.0. The normalized spacial score (nSPS) is 16.5. The molecule has 14 heteroatoms. The smallest absolute Gasteiger partial charge is 0.326 e. The second-order valence-electron chi connectivity index (χ2n) is 11.1. The number of aromatic hydroxyl groups is 1. The number of aromatic amines is 1. The lowest BCUT2D eigenvalue weighted by molar-refractivity contribution is -0.149. The number of rotatable bonds is 14. The molecule has 0 radical (unpaired) electrons. The molecule has 4 atom stereocenters. The van der Waals surface area contributed by atoms with Gasteiger partial charge in [0.1, 0.15) is 23.9 Å². The van der Waals surface area contributed by atoms with Gasteiger partial charge in [-0.1, -0.05) is 30.3 Å². The Balaban J connectivity index is 1.56. The third-order valence-corrected chi connectivity index (χ3v) is 7.84. The number of phenols is 1. The molecule has 4 rings (SSSR count). The monoisotopic (exact) mass is 620 g/mol. The van der Waals surface area contributed by atoms with Crippen molar-refractivity contribution in [1.29, 1.82) is 0 Å². The van der Waals surface area contributed by atoms with Crippen LogP contribution in [-0.4, -0.2) is 87.0 Å². The van der Waals surface area contributed by atoms with Gasteiger partial charge >= 0.3 is 5.97 Å². The Bertz CT molecular complexity index is 1530. The Labute approximate surface area is 260 Å².